The molecule has 0 aliphatic heterocycles. The van der Waals surface area contributed by atoms with Gasteiger partial charge in [-0.15, -0.1) is 0 Å². The fourth-order valence-electron chi connectivity index (χ4n) is 7.12. The summed E-state index contributed by atoms with van der Waals surface area (Å²) in [6, 6.07) is 0. The molecule has 0 aliphatic rings. The summed E-state index contributed by atoms with van der Waals surface area (Å²) in [5.41, 5.74) is 0. The van der Waals surface area contributed by atoms with Crippen molar-refractivity contribution in [3.05, 3.63) is 0 Å². The average molecular weight is 737 g/mol. The predicted octanol–water partition coefficient (Wildman–Crippen LogP) is 13.2. The molecule has 0 spiro atoms. The maximum atomic E-state index is 12.3. The molecule has 0 bridgehead atoms. The topological polar surface area (TPSA) is 59.1 Å². The lowest BCUT2D eigenvalue weighted by Gasteiger charge is -2.24. The van der Waals surface area contributed by atoms with E-state index in [4.69, 9.17) is 9.47 Å². The van der Waals surface area contributed by atoms with E-state index in [9.17, 15) is 9.59 Å². The summed E-state index contributed by atoms with van der Waals surface area (Å²) >= 11 is 0. The molecule has 0 saturated carbocycles. The number of ether oxygens (including phenoxy) is 2. The van der Waals surface area contributed by atoms with Crippen LogP contribution in [0, 0.1) is 0 Å². The predicted molar refractivity (Wildman–Crippen MR) is 225 cm³/mol. The van der Waals surface area contributed by atoms with E-state index in [2.05, 4.69) is 51.6 Å². The Morgan fingerprint density at radius 1 is 0.404 bits per heavy atom. The zero-order chi connectivity index (χ0) is 38.3. The number of likely N-dealkylation sites (N-methyl/N-ethyl adjacent to an activating group) is 1. The van der Waals surface area contributed by atoms with Gasteiger partial charge in [-0.1, -0.05) is 155 Å². The van der Waals surface area contributed by atoms with Gasteiger partial charge in [0.1, 0.15) is 0 Å². The van der Waals surface area contributed by atoms with Gasteiger partial charge in [0.2, 0.25) is 0 Å². The summed E-state index contributed by atoms with van der Waals surface area (Å²) in [7, 11) is 4.33. The lowest BCUT2D eigenvalue weighted by Crippen LogP contribution is -2.33. The highest BCUT2D eigenvalue weighted by Crippen LogP contribution is 2.16. The summed E-state index contributed by atoms with van der Waals surface area (Å²) in [6.45, 7) is 13.3. The number of esters is 2. The van der Waals surface area contributed by atoms with Crippen LogP contribution in [0.2, 0.25) is 0 Å². The number of hydrogen-bond acceptors (Lipinski definition) is 6. The van der Waals surface area contributed by atoms with Crippen LogP contribution in [0.4, 0.5) is 0 Å². The van der Waals surface area contributed by atoms with Crippen LogP contribution in [0.15, 0.2) is 0 Å². The Labute approximate surface area is 325 Å². The highest BCUT2D eigenvalue weighted by atomic mass is 16.5. The van der Waals surface area contributed by atoms with Gasteiger partial charge in [-0.2, -0.15) is 0 Å². The molecule has 2 atom stereocenters. The Bertz CT molecular complexity index is 761. The van der Waals surface area contributed by atoms with E-state index in [0.717, 1.165) is 51.6 Å². The summed E-state index contributed by atoms with van der Waals surface area (Å²) in [4.78, 5) is 29.5. The van der Waals surface area contributed by atoms with Gasteiger partial charge in [-0.3, -0.25) is 9.59 Å². The number of nitrogens with zero attached hydrogens (tertiary/aromatic N) is 2. The third kappa shape index (κ3) is 38.6. The van der Waals surface area contributed by atoms with Crippen LogP contribution in [0.1, 0.15) is 233 Å². The van der Waals surface area contributed by atoms with Crippen molar-refractivity contribution >= 4 is 11.9 Å². The van der Waals surface area contributed by atoms with Crippen LogP contribution in [0.3, 0.4) is 0 Å². The summed E-state index contributed by atoms with van der Waals surface area (Å²) in [5, 5.41) is 0. The van der Waals surface area contributed by atoms with Crippen LogP contribution in [0.25, 0.3) is 0 Å². The zero-order valence-corrected chi connectivity index (χ0v) is 36.1. The van der Waals surface area contributed by atoms with E-state index < -0.39 is 0 Å². The number of unbranched alkanes of at least 4 members (excludes halogenated alkanes) is 24. The van der Waals surface area contributed by atoms with Gasteiger partial charge in [0, 0.05) is 25.9 Å². The second kappa shape index (κ2) is 39.6. The van der Waals surface area contributed by atoms with Gasteiger partial charge in [0.05, 0.1) is 12.2 Å². The maximum absolute atomic E-state index is 12.3. The van der Waals surface area contributed by atoms with Crippen LogP contribution >= 0.6 is 0 Å². The van der Waals surface area contributed by atoms with Gasteiger partial charge < -0.3 is 19.3 Å². The lowest BCUT2D eigenvalue weighted by molar-refractivity contribution is -0.149. The van der Waals surface area contributed by atoms with Crippen molar-refractivity contribution in [1.29, 1.82) is 0 Å². The van der Waals surface area contributed by atoms with Crippen LogP contribution < -0.4 is 0 Å². The van der Waals surface area contributed by atoms with Crippen molar-refractivity contribution in [3.63, 3.8) is 0 Å². The fourth-order valence-corrected chi connectivity index (χ4v) is 7.12. The number of rotatable bonds is 41. The van der Waals surface area contributed by atoms with Crippen molar-refractivity contribution in [2.45, 2.75) is 245 Å². The molecule has 310 valence electrons. The van der Waals surface area contributed by atoms with Crippen molar-refractivity contribution in [1.82, 2.24) is 9.80 Å². The minimum Gasteiger partial charge on any atom is -0.463 e. The molecular weight excluding hydrogens is 645 g/mol. The van der Waals surface area contributed by atoms with Gasteiger partial charge in [-0.05, 0) is 92.4 Å². The van der Waals surface area contributed by atoms with Gasteiger partial charge in [0.15, 0.2) is 0 Å². The van der Waals surface area contributed by atoms with Crippen LogP contribution in [-0.2, 0) is 19.1 Å². The lowest BCUT2D eigenvalue weighted by atomic mass is 10.1. The first-order valence-corrected chi connectivity index (χ1v) is 23.0. The molecule has 52 heavy (non-hydrogen) atoms. The molecule has 6 heteroatoms. The Morgan fingerprint density at radius 2 is 0.712 bits per heavy atom. The molecule has 0 N–H and O–H groups in total. The molecule has 0 aromatic carbocycles. The molecule has 0 aromatic rings. The normalized spacial score (nSPS) is 12.8. The first kappa shape index (κ1) is 50.9. The summed E-state index contributed by atoms with van der Waals surface area (Å²) in [6.07, 6.45) is 38.6. The molecule has 0 aliphatic carbocycles. The van der Waals surface area contributed by atoms with E-state index >= 15 is 0 Å². The monoisotopic (exact) mass is 737 g/mol. The second-order valence-corrected chi connectivity index (χ2v) is 16.5. The average Bonchev–Trinajstić information content (AvgIpc) is 3.11. The minimum absolute atomic E-state index is 0.000871. The maximum Gasteiger partial charge on any atom is 0.306 e. The van der Waals surface area contributed by atoms with Crippen molar-refractivity contribution < 1.29 is 19.1 Å². The second-order valence-electron chi connectivity index (χ2n) is 16.5. The van der Waals surface area contributed by atoms with Crippen molar-refractivity contribution in [2.75, 3.05) is 40.3 Å². The summed E-state index contributed by atoms with van der Waals surface area (Å²) < 4.78 is 11.3. The van der Waals surface area contributed by atoms with E-state index in [0.29, 0.717) is 12.8 Å². The van der Waals surface area contributed by atoms with Crippen LogP contribution in [0.5, 0.6) is 0 Å². The van der Waals surface area contributed by atoms with Gasteiger partial charge in [-0.25, -0.2) is 0 Å². The molecule has 0 heterocycles. The standard InChI is InChI=1S/C46H92N2O4/c1-7-9-11-13-15-18-23-29-35-43(3)51-45(49)37-31-25-20-17-21-27-33-39-48(42-41-47(5)6)40-34-28-22-26-32-38-46(50)52-44(4)36-30-24-19-16-14-12-10-8-2/h43-44H,7-42H2,1-6H3. The molecule has 0 amide bonds. The van der Waals surface area contributed by atoms with Crippen molar-refractivity contribution in [3.8, 4) is 0 Å². The molecule has 0 radical (unpaired) electrons. The van der Waals surface area contributed by atoms with Crippen molar-refractivity contribution in [2.24, 2.45) is 0 Å². The molecule has 2 unspecified atom stereocenters. The highest BCUT2D eigenvalue weighted by molar-refractivity contribution is 5.69. The zero-order valence-electron chi connectivity index (χ0n) is 36.1. The van der Waals surface area contributed by atoms with E-state index in [1.165, 1.54) is 167 Å². The molecule has 6 nitrogen and oxygen atoms in total. The Balaban J connectivity index is 3.80. The molecule has 0 rings (SSSR count). The van der Waals surface area contributed by atoms with E-state index in [-0.39, 0.29) is 24.1 Å². The SMILES string of the molecule is CCCCCCCCCCC(C)OC(=O)CCCCCCCCCN(CCCCCCCC(=O)OC(C)CCCCCCCCCC)CCN(C)C. The molecule has 0 fully saturated rings. The Morgan fingerprint density at radius 3 is 1.06 bits per heavy atom. The number of carbonyl (C=O) groups excluding carboxylic acids is 2. The van der Waals surface area contributed by atoms with E-state index in [1.54, 1.807) is 0 Å². The number of carbonyl (C=O) groups is 2. The highest BCUT2D eigenvalue weighted by Gasteiger charge is 2.11. The molecule has 0 saturated heterocycles. The van der Waals surface area contributed by atoms with Gasteiger partial charge in [0.25, 0.3) is 0 Å². The first-order valence-electron chi connectivity index (χ1n) is 23.0. The largest absolute Gasteiger partial charge is 0.463 e. The molecular formula is C46H92N2O4. The third-order valence-electron chi connectivity index (χ3n) is 10.7. The van der Waals surface area contributed by atoms with E-state index in [1.807, 2.05) is 0 Å². The fraction of sp³-hybridized carbons (Fsp3) is 0.957. The van der Waals surface area contributed by atoms with Crippen LogP contribution in [-0.4, -0.2) is 74.2 Å². The molecule has 0 aromatic heterocycles. The number of hydrogen-bond donors (Lipinski definition) is 0. The third-order valence-corrected chi connectivity index (χ3v) is 10.7. The quantitative estimate of drug-likeness (QED) is 0.0460. The first-order chi connectivity index (χ1) is 25.3. The minimum atomic E-state index is -0.00361. The smallest absolute Gasteiger partial charge is 0.306 e. The summed E-state index contributed by atoms with van der Waals surface area (Å²) in [5.74, 6) is -0.00448. The Hall–Kier alpha value is -1.14. The Kier molecular flexibility index (Phi) is 38.7. The van der Waals surface area contributed by atoms with Gasteiger partial charge >= 0.3 is 11.9 Å².